The predicted octanol–water partition coefficient (Wildman–Crippen LogP) is 4.62. The van der Waals surface area contributed by atoms with Gasteiger partial charge in [-0.2, -0.15) is 4.98 Å². The third-order valence-corrected chi connectivity index (χ3v) is 5.93. The first-order chi connectivity index (χ1) is 14.3. The number of aromatic nitrogens is 3. The van der Waals surface area contributed by atoms with Crippen molar-refractivity contribution in [3.8, 4) is 17.1 Å². The van der Waals surface area contributed by atoms with E-state index < -0.39 is 0 Å². The SMILES string of the molecule is Cc1ccccc1-c1nc2n(n1)C(c1ccc(O)cc1)C1=C(CC(C)(C)CC1=O)N2. The lowest BCUT2D eigenvalue weighted by molar-refractivity contribution is -0.118. The second kappa shape index (κ2) is 6.55. The molecule has 0 saturated heterocycles. The van der Waals surface area contributed by atoms with Crippen molar-refractivity contribution in [1.82, 2.24) is 14.8 Å². The number of ketones is 1. The minimum absolute atomic E-state index is 0.108. The number of Topliss-reactive ketones (excluding diaryl/α,β-unsaturated/α-hetero) is 1. The number of carbonyl (C=O) groups excluding carboxylic acids is 1. The lowest BCUT2D eigenvalue weighted by Gasteiger charge is -2.38. The number of nitrogens with one attached hydrogen (secondary N) is 1. The number of aromatic hydroxyl groups is 1. The van der Waals surface area contributed by atoms with Gasteiger partial charge < -0.3 is 10.4 Å². The highest BCUT2D eigenvalue weighted by Gasteiger charge is 2.41. The summed E-state index contributed by atoms with van der Waals surface area (Å²) in [7, 11) is 0. The second-order valence-corrected chi connectivity index (χ2v) is 8.97. The molecule has 3 aromatic rings. The highest BCUT2D eigenvalue weighted by molar-refractivity contribution is 6.00. The Morgan fingerprint density at radius 1 is 1.10 bits per heavy atom. The molecule has 5 rings (SSSR count). The summed E-state index contributed by atoms with van der Waals surface area (Å²) in [5.74, 6) is 1.59. The zero-order valence-corrected chi connectivity index (χ0v) is 17.3. The lowest BCUT2D eigenvalue weighted by atomic mass is 9.73. The minimum Gasteiger partial charge on any atom is -0.508 e. The van der Waals surface area contributed by atoms with E-state index in [9.17, 15) is 9.90 Å². The summed E-state index contributed by atoms with van der Waals surface area (Å²) in [6, 6.07) is 14.6. The standard InChI is InChI=1S/C24H24N4O2/c1-14-6-4-5-7-17(14)22-26-23-25-18-12-24(2,3)13-19(30)20(18)21(28(23)27-22)15-8-10-16(29)11-9-15/h4-11,21,29H,12-13H2,1-3H3,(H,25,26,27). The molecular weight excluding hydrogens is 376 g/mol. The van der Waals surface area contributed by atoms with Crippen LogP contribution in [0.2, 0.25) is 0 Å². The Bertz CT molecular complexity index is 1190. The summed E-state index contributed by atoms with van der Waals surface area (Å²) in [4.78, 5) is 18.0. The molecule has 152 valence electrons. The molecule has 0 spiro atoms. The van der Waals surface area contributed by atoms with Crippen LogP contribution in [0.25, 0.3) is 11.4 Å². The zero-order chi connectivity index (χ0) is 21.0. The number of hydrogen-bond acceptors (Lipinski definition) is 5. The van der Waals surface area contributed by atoms with Crippen molar-refractivity contribution in [3.63, 3.8) is 0 Å². The predicted molar refractivity (Wildman–Crippen MR) is 115 cm³/mol. The quantitative estimate of drug-likeness (QED) is 0.656. The molecule has 30 heavy (non-hydrogen) atoms. The molecule has 0 amide bonds. The van der Waals surface area contributed by atoms with Gasteiger partial charge in [0.05, 0.1) is 0 Å². The Morgan fingerprint density at radius 3 is 2.57 bits per heavy atom. The van der Waals surface area contributed by atoms with Gasteiger partial charge in [0, 0.05) is 23.3 Å². The topological polar surface area (TPSA) is 80.0 Å². The van der Waals surface area contributed by atoms with E-state index in [2.05, 4.69) is 19.2 Å². The van der Waals surface area contributed by atoms with Crippen molar-refractivity contribution < 1.29 is 9.90 Å². The number of aryl methyl sites for hydroxylation is 1. The molecular formula is C24H24N4O2. The largest absolute Gasteiger partial charge is 0.508 e. The van der Waals surface area contributed by atoms with Gasteiger partial charge in [-0.05, 0) is 42.0 Å². The molecule has 2 heterocycles. The second-order valence-electron chi connectivity index (χ2n) is 8.97. The fourth-order valence-corrected chi connectivity index (χ4v) is 4.51. The first kappa shape index (κ1) is 18.6. The summed E-state index contributed by atoms with van der Waals surface area (Å²) in [6.07, 6.45) is 1.27. The molecule has 1 atom stereocenters. The van der Waals surface area contributed by atoms with Crippen LogP contribution in [0.15, 0.2) is 59.8 Å². The smallest absolute Gasteiger partial charge is 0.226 e. The number of benzene rings is 2. The van der Waals surface area contributed by atoms with Gasteiger partial charge in [-0.25, -0.2) is 4.68 Å². The number of phenols is 1. The lowest BCUT2D eigenvalue weighted by Crippen LogP contribution is -2.36. The highest BCUT2D eigenvalue weighted by Crippen LogP contribution is 2.45. The van der Waals surface area contributed by atoms with Crippen LogP contribution in [0.5, 0.6) is 5.75 Å². The molecule has 0 saturated carbocycles. The molecule has 6 nitrogen and oxygen atoms in total. The Balaban J connectivity index is 1.69. The van der Waals surface area contributed by atoms with Crippen LogP contribution in [-0.4, -0.2) is 25.7 Å². The molecule has 2 N–H and O–H groups in total. The Hall–Kier alpha value is -3.41. The van der Waals surface area contributed by atoms with E-state index in [0.717, 1.165) is 34.4 Å². The molecule has 6 heteroatoms. The third-order valence-electron chi connectivity index (χ3n) is 5.93. The number of hydrogen-bond donors (Lipinski definition) is 2. The molecule has 1 aliphatic heterocycles. The Morgan fingerprint density at radius 2 is 1.83 bits per heavy atom. The van der Waals surface area contributed by atoms with Crippen molar-refractivity contribution in [1.29, 1.82) is 0 Å². The fourth-order valence-electron chi connectivity index (χ4n) is 4.51. The summed E-state index contributed by atoms with van der Waals surface area (Å²) in [5, 5.41) is 18.0. The summed E-state index contributed by atoms with van der Waals surface area (Å²) >= 11 is 0. The van der Waals surface area contributed by atoms with Crippen molar-refractivity contribution >= 4 is 11.7 Å². The van der Waals surface area contributed by atoms with E-state index in [1.807, 2.05) is 48.0 Å². The van der Waals surface area contributed by atoms with Gasteiger partial charge in [0.25, 0.3) is 0 Å². The summed E-state index contributed by atoms with van der Waals surface area (Å²) < 4.78 is 1.81. The van der Waals surface area contributed by atoms with Crippen molar-refractivity contribution in [2.24, 2.45) is 5.41 Å². The third kappa shape index (κ3) is 3.00. The summed E-state index contributed by atoms with van der Waals surface area (Å²) in [5.41, 5.74) is 4.52. The minimum atomic E-state index is -0.370. The molecule has 1 aliphatic carbocycles. The van der Waals surface area contributed by atoms with Crippen LogP contribution < -0.4 is 5.32 Å². The molecule has 1 aromatic heterocycles. The van der Waals surface area contributed by atoms with Gasteiger partial charge in [0.15, 0.2) is 11.6 Å². The highest BCUT2D eigenvalue weighted by atomic mass is 16.3. The molecule has 0 radical (unpaired) electrons. The van der Waals surface area contributed by atoms with Gasteiger partial charge >= 0.3 is 0 Å². The Labute approximate surface area is 175 Å². The monoisotopic (exact) mass is 400 g/mol. The average Bonchev–Trinajstić information content (AvgIpc) is 3.10. The molecule has 1 unspecified atom stereocenters. The Kier molecular flexibility index (Phi) is 4.07. The number of phenolic OH excluding ortho intramolecular Hbond substituents is 1. The van der Waals surface area contributed by atoms with E-state index in [1.165, 1.54) is 0 Å². The van der Waals surface area contributed by atoms with Crippen LogP contribution in [0.3, 0.4) is 0 Å². The van der Waals surface area contributed by atoms with Crippen molar-refractivity contribution in [2.75, 3.05) is 5.32 Å². The van der Waals surface area contributed by atoms with Gasteiger partial charge in [-0.1, -0.05) is 50.2 Å². The average molecular weight is 400 g/mol. The molecule has 0 fully saturated rings. The first-order valence-electron chi connectivity index (χ1n) is 10.2. The van der Waals surface area contributed by atoms with Gasteiger partial charge in [0.1, 0.15) is 11.8 Å². The maximum Gasteiger partial charge on any atom is 0.226 e. The van der Waals surface area contributed by atoms with Gasteiger partial charge in [-0.3, -0.25) is 4.79 Å². The van der Waals surface area contributed by atoms with E-state index in [1.54, 1.807) is 12.1 Å². The molecule has 2 aliphatic rings. The zero-order valence-electron chi connectivity index (χ0n) is 17.3. The van der Waals surface area contributed by atoms with Crippen LogP contribution >= 0.6 is 0 Å². The number of rotatable bonds is 2. The van der Waals surface area contributed by atoms with Crippen LogP contribution in [0.4, 0.5) is 5.95 Å². The summed E-state index contributed by atoms with van der Waals surface area (Å²) in [6.45, 7) is 6.27. The van der Waals surface area contributed by atoms with E-state index in [0.29, 0.717) is 18.2 Å². The number of anilines is 1. The molecule has 2 aromatic carbocycles. The van der Waals surface area contributed by atoms with Crippen LogP contribution in [0.1, 0.15) is 43.9 Å². The van der Waals surface area contributed by atoms with Crippen LogP contribution in [0, 0.1) is 12.3 Å². The first-order valence-corrected chi connectivity index (χ1v) is 10.2. The van der Waals surface area contributed by atoms with Crippen molar-refractivity contribution in [2.45, 2.75) is 39.7 Å². The van der Waals surface area contributed by atoms with Gasteiger partial charge in [-0.15, -0.1) is 5.10 Å². The number of allylic oxidation sites excluding steroid dienone is 2. The maximum atomic E-state index is 13.2. The van der Waals surface area contributed by atoms with E-state index in [4.69, 9.17) is 10.1 Å². The van der Waals surface area contributed by atoms with Gasteiger partial charge in [0.2, 0.25) is 5.95 Å². The number of carbonyl (C=O) groups is 1. The normalized spacial score (nSPS) is 19.8. The van der Waals surface area contributed by atoms with E-state index >= 15 is 0 Å². The van der Waals surface area contributed by atoms with E-state index in [-0.39, 0.29) is 23.0 Å². The van der Waals surface area contributed by atoms with Crippen molar-refractivity contribution in [3.05, 3.63) is 70.9 Å². The fraction of sp³-hybridized carbons (Fsp3) is 0.292. The number of fused-ring (bicyclic) bond motifs is 1. The number of nitrogens with zero attached hydrogens (tertiary/aromatic N) is 3. The van der Waals surface area contributed by atoms with Crippen LogP contribution in [-0.2, 0) is 4.79 Å². The maximum absolute atomic E-state index is 13.2. The molecule has 0 bridgehead atoms.